The molecular formula is C15H18N2O2. The minimum absolute atomic E-state index is 0.462. The van der Waals surface area contributed by atoms with Gasteiger partial charge in [-0.1, -0.05) is 23.8 Å². The first-order chi connectivity index (χ1) is 8.85. The Bertz CT molecular complexity index is 546. The molecule has 0 spiro atoms. The summed E-state index contributed by atoms with van der Waals surface area (Å²) in [5.41, 5.74) is 0.182. The minimum Gasteiger partial charge on any atom is -0.394 e. The lowest BCUT2D eigenvalue weighted by Gasteiger charge is -2.25. The zero-order valence-corrected chi connectivity index (χ0v) is 11.4. The maximum absolute atomic E-state index is 9.42. The number of nitriles is 2. The van der Waals surface area contributed by atoms with E-state index in [4.69, 9.17) is 0 Å². The molecule has 1 aromatic carbocycles. The number of aliphatic hydroxyl groups is 2. The van der Waals surface area contributed by atoms with Crippen LogP contribution in [0, 0.1) is 29.6 Å². The van der Waals surface area contributed by atoms with Gasteiger partial charge in [-0.15, -0.1) is 0 Å². The van der Waals surface area contributed by atoms with Crippen LogP contribution in [-0.2, 0) is 10.8 Å². The van der Waals surface area contributed by atoms with E-state index in [1.165, 1.54) is 0 Å². The standard InChI is InChI=1S/C15H18N2O2/c1-11-4-12(14(2,3)7-16)6-13(5-11)15(8-17,9-18)10-19/h4-6,18-19H,9-10H2,1-3H3. The van der Waals surface area contributed by atoms with Crippen LogP contribution in [0.5, 0.6) is 0 Å². The van der Waals surface area contributed by atoms with E-state index in [2.05, 4.69) is 6.07 Å². The zero-order valence-electron chi connectivity index (χ0n) is 11.4. The molecule has 0 saturated carbocycles. The predicted molar refractivity (Wildman–Crippen MR) is 71.3 cm³/mol. The van der Waals surface area contributed by atoms with Crippen molar-refractivity contribution < 1.29 is 10.2 Å². The largest absolute Gasteiger partial charge is 0.394 e. The molecule has 0 aliphatic carbocycles. The van der Waals surface area contributed by atoms with Gasteiger partial charge in [0.15, 0.2) is 0 Å². The van der Waals surface area contributed by atoms with Crippen LogP contribution in [0.3, 0.4) is 0 Å². The van der Waals surface area contributed by atoms with Gasteiger partial charge in [-0.05, 0) is 31.9 Å². The lowest BCUT2D eigenvalue weighted by molar-refractivity contribution is 0.152. The van der Waals surface area contributed by atoms with Crippen molar-refractivity contribution in [3.8, 4) is 12.1 Å². The van der Waals surface area contributed by atoms with Crippen molar-refractivity contribution in [3.05, 3.63) is 34.9 Å². The summed E-state index contributed by atoms with van der Waals surface area (Å²) >= 11 is 0. The molecule has 0 aliphatic rings. The summed E-state index contributed by atoms with van der Waals surface area (Å²) in [6.07, 6.45) is 0. The van der Waals surface area contributed by atoms with Gasteiger partial charge in [0, 0.05) is 0 Å². The van der Waals surface area contributed by atoms with Gasteiger partial charge in [0.2, 0.25) is 0 Å². The van der Waals surface area contributed by atoms with Crippen molar-refractivity contribution in [2.45, 2.75) is 31.6 Å². The number of benzene rings is 1. The van der Waals surface area contributed by atoms with Gasteiger partial charge < -0.3 is 10.2 Å². The number of hydrogen-bond donors (Lipinski definition) is 2. The number of aryl methyl sites for hydroxylation is 1. The third kappa shape index (κ3) is 2.76. The lowest BCUT2D eigenvalue weighted by atomic mass is 9.78. The molecule has 0 atom stereocenters. The number of hydrogen-bond acceptors (Lipinski definition) is 4. The van der Waals surface area contributed by atoms with Crippen molar-refractivity contribution in [2.24, 2.45) is 0 Å². The normalized spacial score (nSPS) is 11.7. The molecule has 4 heteroatoms. The third-order valence-corrected chi connectivity index (χ3v) is 3.38. The van der Waals surface area contributed by atoms with E-state index in [9.17, 15) is 20.7 Å². The Morgan fingerprint density at radius 1 is 1.00 bits per heavy atom. The van der Waals surface area contributed by atoms with Crippen LogP contribution in [0.1, 0.15) is 30.5 Å². The fourth-order valence-corrected chi connectivity index (χ4v) is 1.85. The molecule has 4 nitrogen and oxygen atoms in total. The molecule has 1 aromatic rings. The van der Waals surface area contributed by atoms with Crippen LogP contribution in [0.25, 0.3) is 0 Å². The second kappa shape index (κ2) is 5.40. The fraction of sp³-hybridized carbons (Fsp3) is 0.467. The molecule has 0 radical (unpaired) electrons. The quantitative estimate of drug-likeness (QED) is 0.857. The van der Waals surface area contributed by atoms with Crippen LogP contribution >= 0.6 is 0 Å². The predicted octanol–water partition coefficient (Wildman–Crippen LogP) is 1.54. The van der Waals surface area contributed by atoms with Crippen molar-refractivity contribution in [3.63, 3.8) is 0 Å². The highest BCUT2D eigenvalue weighted by Crippen LogP contribution is 2.30. The first kappa shape index (κ1) is 15.2. The van der Waals surface area contributed by atoms with Crippen molar-refractivity contribution in [2.75, 3.05) is 13.2 Å². The summed E-state index contributed by atoms with van der Waals surface area (Å²) in [6.45, 7) is 4.51. The van der Waals surface area contributed by atoms with Gasteiger partial charge in [0.25, 0.3) is 0 Å². The van der Waals surface area contributed by atoms with Crippen LogP contribution in [0.4, 0.5) is 0 Å². The average molecular weight is 258 g/mol. The Kier molecular flexibility index (Phi) is 4.32. The summed E-state index contributed by atoms with van der Waals surface area (Å²) in [6, 6.07) is 9.53. The maximum atomic E-state index is 9.42. The van der Waals surface area contributed by atoms with E-state index in [1.807, 2.05) is 19.1 Å². The molecule has 19 heavy (non-hydrogen) atoms. The van der Waals surface area contributed by atoms with E-state index < -0.39 is 24.0 Å². The summed E-state index contributed by atoms with van der Waals surface area (Å²) in [4.78, 5) is 0. The molecule has 0 fully saturated rings. The first-order valence-corrected chi connectivity index (χ1v) is 6.02. The van der Waals surface area contributed by atoms with E-state index in [1.54, 1.807) is 26.0 Å². The van der Waals surface area contributed by atoms with Gasteiger partial charge in [0.05, 0.1) is 30.8 Å². The second-order valence-electron chi connectivity index (χ2n) is 5.33. The number of aliphatic hydroxyl groups excluding tert-OH is 2. The Labute approximate surface area is 113 Å². The van der Waals surface area contributed by atoms with Gasteiger partial charge in [-0.3, -0.25) is 0 Å². The van der Waals surface area contributed by atoms with Gasteiger partial charge in [-0.25, -0.2) is 0 Å². The molecule has 0 saturated heterocycles. The smallest absolute Gasteiger partial charge is 0.128 e. The first-order valence-electron chi connectivity index (χ1n) is 6.02. The van der Waals surface area contributed by atoms with E-state index in [0.29, 0.717) is 5.56 Å². The molecule has 0 heterocycles. The summed E-state index contributed by atoms with van der Waals surface area (Å²) in [5.74, 6) is 0. The molecule has 0 amide bonds. The third-order valence-electron chi connectivity index (χ3n) is 3.38. The van der Waals surface area contributed by atoms with E-state index >= 15 is 0 Å². The highest BCUT2D eigenvalue weighted by molar-refractivity contribution is 5.43. The monoisotopic (exact) mass is 258 g/mol. The fourth-order valence-electron chi connectivity index (χ4n) is 1.85. The SMILES string of the molecule is Cc1cc(C(C)(C)C#N)cc(C(C#N)(CO)CO)c1. The molecular weight excluding hydrogens is 240 g/mol. The van der Waals surface area contributed by atoms with Crippen molar-refractivity contribution in [1.29, 1.82) is 10.5 Å². The van der Waals surface area contributed by atoms with Crippen LogP contribution in [0.15, 0.2) is 18.2 Å². The summed E-state index contributed by atoms with van der Waals surface area (Å²) in [7, 11) is 0. The average Bonchev–Trinajstić information content (AvgIpc) is 2.41. The molecule has 1 rings (SSSR count). The molecule has 0 bridgehead atoms. The van der Waals surface area contributed by atoms with E-state index in [0.717, 1.165) is 11.1 Å². The highest BCUT2D eigenvalue weighted by Gasteiger charge is 2.33. The minimum atomic E-state index is -1.33. The molecule has 100 valence electrons. The van der Waals surface area contributed by atoms with Crippen molar-refractivity contribution in [1.82, 2.24) is 0 Å². The van der Waals surface area contributed by atoms with Gasteiger partial charge in [0.1, 0.15) is 5.41 Å². The van der Waals surface area contributed by atoms with Crippen LogP contribution < -0.4 is 0 Å². The second-order valence-corrected chi connectivity index (χ2v) is 5.33. The Hall–Kier alpha value is -1.88. The lowest BCUT2D eigenvalue weighted by Crippen LogP contribution is -2.33. The maximum Gasteiger partial charge on any atom is 0.128 e. The Morgan fingerprint density at radius 2 is 1.53 bits per heavy atom. The van der Waals surface area contributed by atoms with Crippen LogP contribution in [-0.4, -0.2) is 23.4 Å². The summed E-state index contributed by atoms with van der Waals surface area (Å²) in [5, 5.41) is 37.3. The van der Waals surface area contributed by atoms with Gasteiger partial charge >= 0.3 is 0 Å². The molecule has 0 aliphatic heterocycles. The van der Waals surface area contributed by atoms with E-state index in [-0.39, 0.29) is 0 Å². The Balaban J connectivity index is 3.49. The van der Waals surface area contributed by atoms with Crippen LogP contribution in [0.2, 0.25) is 0 Å². The van der Waals surface area contributed by atoms with Crippen molar-refractivity contribution >= 4 is 0 Å². The summed E-state index contributed by atoms with van der Waals surface area (Å²) < 4.78 is 0. The Morgan fingerprint density at radius 3 is 1.95 bits per heavy atom. The zero-order chi connectivity index (χ0) is 14.7. The number of rotatable bonds is 4. The van der Waals surface area contributed by atoms with Gasteiger partial charge in [-0.2, -0.15) is 10.5 Å². The molecule has 2 N–H and O–H groups in total. The molecule has 0 aromatic heterocycles. The highest BCUT2D eigenvalue weighted by atomic mass is 16.3. The molecule has 0 unspecified atom stereocenters. The number of nitrogens with zero attached hydrogens (tertiary/aromatic N) is 2. The topological polar surface area (TPSA) is 88.0 Å².